The van der Waals surface area contributed by atoms with Gasteiger partial charge in [0.2, 0.25) is 0 Å². The van der Waals surface area contributed by atoms with E-state index in [1.807, 2.05) is 37.3 Å². The van der Waals surface area contributed by atoms with Gasteiger partial charge >= 0.3 is 5.97 Å². The van der Waals surface area contributed by atoms with Crippen molar-refractivity contribution in [1.29, 1.82) is 0 Å². The van der Waals surface area contributed by atoms with E-state index in [1.54, 1.807) is 0 Å². The molecule has 0 bridgehead atoms. The number of likely N-dealkylation sites (tertiary alicyclic amines) is 1. The monoisotopic (exact) mass is 275 g/mol. The highest BCUT2D eigenvalue weighted by Gasteiger charge is 2.16. The summed E-state index contributed by atoms with van der Waals surface area (Å²) in [5, 5.41) is 0. The Morgan fingerprint density at radius 1 is 1.20 bits per heavy atom. The summed E-state index contributed by atoms with van der Waals surface area (Å²) < 4.78 is 5.49. The fourth-order valence-corrected chi connectivity index (χ4v) is 2.72. The molecule has 0 N–H and O–H groups in total. The van der Waals surface area contributed by atoms with E-state index in [1.165, 1.54) is 24.8 Å². The summed E-state index contributed by atoms with van der Waals surface area (Å²) in [6, 6.07) is 10.1. The largest absolute Gasteiger partial charge is 0.461 e. The Labute approximate surface area is 121 Å². The summed E-state index contributed by atoms with van der Waals surface area (Å²) in [6.45, 7) is 5.16. The van der Waals surface area contributed by atoms with Crippen LogP contribution in [0, 0.1) is 0 Å². The summed E-state index contributed by atoms with van der Waals surface area (Å²) in [4.78, 5) is 14.2. The molecule has 0 unspecified atom stereocenters. The molecule has 0 saturated carbocycles. The molecule has 1 saturated heterocycles. The maximum Gasteiger partial charge on any atom is 0.306 e. The molecule has 2 rings (SSSR count). The number of esters is 1. The van der Waals surface area contributed by atoms with Gasteiger partial charge < -0.3 is 4.74 Å². The van der Waals surface area contributed by atoms with Crippen LogP contribution in [0.2, 0.25) is 0 Å². The Hall–Kier alpha value is -1.35. The molecule has 1 fully saturated rings. The van der Waals surface area contributed by atoms with Crippen LogP contribution in [0.15, 0.2) is 30.3 Å². The molecule has 1 atom stereocenters. The lowest BCUT2D eigenvalue weighted by Crippen LogP contribution is -2.37. The summed E-state index contributed by atoms with van der Waals surface area (Å²) in [5.41, 5.74) is 1.19. The van der Waals surface area contributed by atoms with Gasteiger partial charge in [-0.05, 0) is 44.8 Å². The summed E-state index contributed by atoms with van der Waals surface area (Å²) >= 11 is 0. The van der Waals surface area contributed by atoms with Gasteiger partial charge in [0.05, 0.1) is 0 Å². The molecule has 1 aromatic carbocycles. The Bertz CT molecular complexity index is 399. The lowest BCUT2D eigenvalue weighted by atomic mass is 10.1. The average Bonchev–Trinajstić information content (AvgIpc) is 2.47. The van der Waals surface area contributed by atoms with Gasteiger partial charge in [-0.25, -0.2) is 0 Å². The lowest BCUT2D eigenvalue weighted by Gasteiger charge is -2.28. The molecule has 3 heteroatoms. The Kier molecular flexibility index (Phi) is 6.06. The molecule has 0 aliphatic carbocycles. The molecule has 0 aromatic heterocycles. The number of benzene rings is 1. The molecule has 0 spiro atoms. The first-order chi connectivity index (χ1) is 9.74. The van der Waals surface area contributed by atoms with E-state index in [9.17, 15) is 4.79 Å². The quantitative estimate of drug-likeness (QED) is 0.747. The molecular weight excluding hydrogens is 250 g/mol. The van der Waals surface area contributed by atoms with E-state index in [4.69, 9.17) is 4.74 Å². The van der Waals surface area contributed by atoms with Crippen molar-refractivity contribution in [2.24, 2.45) is 0 Å². The van der Waals surface area contributed by atoms with Crippen LogP contribution in [0.3, 0.4) is 0 Å². The van der Waals surface area contributed by atoms with Gasteiger partial charge in [0.25, 0.3) is 0 Å². The molecular formula is C17H25NO2. The second kappa shape index (κ2) is 8.05. The fourth-order valence-electron chi connectivity index (χ4n) is 2.72. The van der Waals surface area contributed by atoms with Gasteiger partial charge in [-0.15, -0.1) is 0 Å². The number of carbonyl (C=O) groups excluding carboxylic acids is 1. The van der Waals surface area contributed by atoms with E-state index >= 15 is 0 Å². The third kappa shape index (κ3) is 5.33. The van der Waals surface area contributed by atoms with Crippen molar-refractivity contribution in [3.63, 3.8) is 0 Å². The zero-order chi connectivity index (χ0) is 14.2. The molecule has 1 heterocycles. The zero-order valence-corrected chi connectivity index (χ0v) is 12.4. The Morgan fingerprint density at radius 3 is 2.60 bits per heavy atom. The fraction of sp³-hybridized carbons (Fsp3) is 0.588. The predicted molar refractivity (Wildman–Crippen MR) is 80.6 cm³/mol. The molecule has 0 amide bonds. The van der Waals surface area contributed by atoms with Gasteiger partial charge in [-0.2, -0.15) is 0 Å². The minimum Gasteiger partial charge on any atom is -0.461 e. The van der Waals surface area contributed by atoms with Gasteiger partial charge in [0, 0.05) is 13.0 Å². The van der Waals surface area contributed by atoms with Gasteiger partial charge in [0.15, 0.2) is 0 Å². The lowest BCUT2D eigenvalue weighted by molar-refractivity contribution is -0.149. The van der Waals surface area contributed by atoms with Crippen molar-refractivity contribution in [1.82, 2.24) is 4.90 Å². The summed E-state index contributed by atoms with van der Waals surface area (Å²) in [7, 11) is 0. The average molecular weight is 275 g/mol. The second-order valence-corrected chi connectivity index (χ2v) is 5.65. The van der Waals surface area contributed by atoms with E-state index in [2.05, 4.69) is 4.90 Å². The first-order valence-electron chi connectivity index (χ1n) is 7.70. The van der Waals surface area contributed by atoms with Crippen LogP contribution in [0.25, 0.3) is 0 Å². The number of hydrogen-bond acceptors (Lipinski definition) is 3. The van der Waals surface area contributed by atoms with Crippen molar-refractivity contribution in [2.75, 3.05) is 19.6 Å². The maximum absolute atomic E-state index is 11.8. The van der Waals surface area contributed by atoms with Crippen LogP contribution in [0.1, 0.15) is 38.2 Å². The van der Waals surface area contributed by atoms with Crippen LogP contribution in [0.5, 0.6) is 0 Å². The predicted octanol–water partition coefficient (Wildman–Crippen LogP) is 3.04. The zero-order valence-electron chi connectivity index (χ0n) is 12.4. The van der Waals surface area contributed by atoms with Gasteiger partial charge in [-0.1, -0.05) is 36.8 Å². The van der Waals surface area contributed by atoms with Crippen molar-refractivity contribution in [3.05, 3.63) is 35.9 Å². The highest BCUT2D eigenvalue weighted by molar-refractivity contribution is 5.69. The van der Waals surface area contributed by atoms with Crippen molar-refractivity contribution < 1.29 is 9.53 Å². The first kappa shape index (κ1) is 15.0. The third-order valence-electron chi connectivity index (χ3n) is 3.76. The van der Waals surface area contributed by atoms with Crippen molar-refractivity contribution in [3.8, 4) is 0 Å². The number of rotatable bonds is 6. The summed E-state index contributed by atoms with van der Waals surface area (Å²) in [6.07, 6.45) is 5.10. The van der Waals surface area contributed by atoms with E-state index < -0.39 is 0 Å². The number of carbonyl (C=O) groups is 1. The minimum absolute atomic E-state index is 0.00336. The normalized spacial score (nSPS) is 17.6. The molecule has 3 nitrogen and oxygen atoms in total. The Morgan fingerprint density at radius 2 is 1.90 bits per heavy atom. The highest BCUT2D eigenvalue weighted by atomic mass is 16.5. The number of aryl methyl sites for hydroxylation is 1. The van der Waals surface area contributed by atoms with Crippen LogP contribution in [-0.4, -0.2) is 36.6 Å². The van der Waals surface area contributed by atoms with Crippen molar-refractivity contribution >= 4 is 5.97 Å². The van der Waals surface area contributed by atoms with Crippen LogP contribution < -0.4 is 0 Å². The van der Waals surface area contributed by atoms with E-state index in [-0.39, 0.29) is 12.1 Å². The van der Waals surface area contributed by atoms with Crippen LogP contribution in [-0.2, 0) is 16.0 Å². The number of hydrogen-bond donors (Lipinski definition) is 0. The molecule has 1 aliphatic heterocycles. The van der Waals surface area contributed by atoms with Gasteiger partial charge in [0.1, 0.15) is 6.10 Å². The van der Waals surface area contributed by atoms with Crippen molar-refractivity contribution in [2.45, 2.75) is 45.1 Å². The van der Waals surface area contributed by atoms with E-state index in [0.29, 0.717) is 6.42 Å². The molecule has 110 valence electrons. The van der Waals surface area contributed by atoms with Gasteiger partial charge in [-0.3, -0.25) is 9.69 Å². The SMILES string of the molecule is C[C@H](CN1CCCCC1)OC(=O)CCc1ccccc1. The third-order valence-corrected chi connectivity index (χ3v) is 3.76. The maximum atomic E-state index is 11.8. The Balaban J connectivity index is 1.65. The van der Waals surface area contributed by atoms with Crippen LogP contribution in [0.4, 0.5) is 0 Å². The summed E-state index contributed by atoms with van der Waals surface area (Å²) in [5.74, 6) is -0.0848. The number of piperidine rings is 1. The standard InChI is InChI=1S/C17H25NO2/c1-15(14-18-12-6-3-7-13-18)20-17(19)11-10-16-8-4-2-5-9-16/h2,4-5,8-9,15H,3,6-7,10-14H2,1H3/t15-/m1/s1. The second-order valence-electron chi connectivity index (χ2n) is 5.65. The smallest absolute Gasteiger partial charge is 0.306 e. The number of ether oxygens (including phenoxy) is 1. The minimum atomic E-state index is -0.0848. The molecule has 20 heavy (non-hydrogen) atoms. The number of nitrogens with zero attached hydrogens (tertiary/aromatic N) is 1. The molecule has 1 aromatic rings. The van der Waals surface area contributed by atoms with Crippen LogP contribution >= 0.6 is 0 Å². The highest BCUT2D eigenvalue weighted by Crippen LogP contribution is 2.10. The topological polar surface area (TPSA) is 29.5 Å². The molecule has 0 radical (unpaired) electrons. The van der Waals surface area contributed by atoms with E-state index in [0.717, 1.165) is 26.1 Å². The molecule has 1 aliphatic rings. The first-order valence-corrected chi connectivity index (χ1v) is 7.70.